The van der Waals surface area contributed by atoms with Crippen molar-refractivity contribution >= 4 is 5.91 Å². The van der Waals surface area contributed by atoms with Gasteiger partial charge < -0.3 is 10.6 Å². The van der Waals surface area contributed by atoms with Crippen molar-refractivity contribution in [2.75, 3.05) is 6.54 Å². The number of hydrogen-bond acceptors (Lipinski definition) is 2. The van der Waals surface area contributed by atoms with E-state index in [1.807, 2.05) is 6.92 Å². The van der Waals surface area contributed by atoms with E-state index in [2.05, 4.69) is 4.90 Å². The molecular formula is C14H24N2O. The van der Waals surface area contributed by atoms with Crippen molar-refractivity contribution < 1.29 is 4.79 Å². The molecule has 2 aliphatic carbocycles. The van der Waals surface area contributed by atoms with Gasteiger partial charge in [-0.05, 0) is 57.3 Å². The third kappa shape index (κ3) is 2.10. The molecule has 1 aliphatic heterocycles. The zero-order valence-corrected chi connectivity index (χ0v) is 10.8. The van der Waals surface area contributed by atoms with Gasteiger partial charge in [-0.1, -0.05) is 0 Å². The summed E-state index contributed by atoms with van der Waals surface area (Å²) >= 11 is 0. The molecule has 3 nitrogen and oxygen atoms in total. The van der Waals surface area contributed by atoms with Crippen LogP contribution in [0, 0.1) is 17.8 Å². The minimum absolute atomic E-state index is 0.121. The summed E-state index contributed by atoms with van der Waals surface area (Å²) in [6, 6.07) is 0.420. The number of rotatable bonds is 2. The van der Waals surface area contributed by atoms with E-state index in [9.17, 15) is 4.79 Å². The molecule has 2 saturated carbocycles. The maximum atomic E-state index is 12.6. The Morgan fingerprint density at radius 2 is 1.94 bits per heavy atom. The number of carbonyl (C=O) groups excluding carboxylic acids is 1. The highest BCUT2D eigenvalue weighted by Crippen LogP contribution is 2.54. The summed E-state index contributed by atoms with van der Waals surface area (Å²) in [5.74, 6) is 2.53. The summed E-state index contributed by atoms with van der Waals surface area (Å²) in [5.41, 5.74) is 6.04. The van der Waals surface area contributed by atoms with E-state index in [1.165, 1.54) is 12.8 Å². The molecular weight excluding hydrogens is 212 g/mol. The van der Waals surface area contributed by atoms with Gasteiger partial charge in [0, 0.05) is 24.5 Å². The maximum Gasteiger partial charge on any atom is 0.226 e. The Morgan fingerprint density at radius 1 is 1.24 bits per heavy atom. The van der Waals surface area contributed by atoms with Crippen LogP contribution in [0.25, 0.3) is 0 Å². The lowest BCUT2D eigenvalue weighted by Crippen LogP contribution is -2.53. The predicted octanol–water partition coefficient (Wildman–Crippen LogP) is 1.76. The average molecular weight is 236 g/mol. The first-order valence-electron chi connectivity index (χ1n) is 7.23. The molecule has 0 radical (unpaired) electrons. The molecule has 3 aliphatic rings. The van der Waals surface area contributed by atoms with Gasteiger partial charge in [-0.25, -0.2) is 0 Å². The molecule has 17 heavy (non-hydrogen) atoms. The van der Waals surface area contributed by atoms with E-state index in [4.69, 9.17) is 5.73 Å². The van der Waals surface area contributed by atoms with Crippen LogP contribution in [-0.4, -0.2) is 29.4 Å². The summed E-state index contributed by atoms with van der Waals surface area (Å²) in [4.78, 5) is 14.7. The minimum atomic E-state index is 0.121. The highest BCUT2D eigenvalue weighted by Gasteiger charge is 2.49. The van der Waals surface area contributed by atoms with E-state index >= 15 is 0 Å². The number of nitrogens with two attached hydrogens (primary N) is 1. The third-order valence-corrected chi connectivity index (χ3v) is 5.03. The molecule has 0 bridgehead atoms. The van der Waals surface area contributed by atoms with Crippen molar-refractivity contribution in [1.82, 2.24) is 4.90 Å². The molecule has 0 aromatic heterocycles. The summed E-state index contributed by atoms with van der Waals surface area (Å²) in [6.45, 7) is 2.99. The largest absolute Gasteiger partial charge is 0.338 e. The summed E-state index contributed by atoms with van der Waals surface area (Å²) in [7, 11) is 0. The number of nitrogens with zero attached hydrogens (tertiary/aromatic N) is 1. The lowest BCUT2D eigenvalue weighted by Gasteiger charge is -2.39. The van der Waals surface area contributed by atoms with Gasteiger partial charge in [0.25, 0.3) is 0 Å². The molecule has 0 aromatic carbocycles. The fourth-order valence-corrected chi connectivity index (χ4v) is 3.93. The SMILES string of the molecule is CC(N)C1CCCCN1C(=O)C1CC2CC2C1. The van der Waals surface area contributed by atoms with E-state index in [-0.39, 0.29) is 6.04 Å². The molecule has 4 atom stereocenters. The fraction of sp³-hybridized carbons (Fsp3) is 0.929. The average Bonchev–Trinajstić information content (AvgIpc) is 2.95. The van der Waals surface area contributed by atoms with Crippen LogP contribution >= 0.6 is 0 Å². The van der Waals surface area contributed by atoms with Crippen molar-refractivity contribution in [3.8, 4) is 0 Å². The van der Waals surface area contributed by atoms with Crippen LogP contribution in [0.4, 0.5) is 0 Å². The molecule has 1 saturated heterocycles. The van der Waals surface area contributed by atoms with E-state index < -0.39 is 0 Å². The van der Waals surface area contributed by atoms with E-state index in [0.29, 0.717) is 17.9 Å². The first-order chi connectivity index (χ1) is 8.16. The second kappa shape index (κ2) is 4.27. The fourth-order valence-electron chi connectivity index (χ4n) is 3.93. The third-order valence-electron chi connectivity index (χ3n) is 5.03. The van der Waals surface area contributed by atoms with Crippen LogP contribution in [0.2, 0.25) is 0 Å². The molecule has 0 aromatic rings. The van der Waals surface area contributed by atoms with Crippen molar-refractivity contribution in [2.45, 2.75) is 57.5 Å². The summed E-state index contributed by atoms with van der Waals surface area (Å²) in [5, 5.41) is 0. The molecule has 1 heterocycles. The molecule has 3 fully saturated rings. The maximum absolute atomic E-state index is 12.6. The van der Waals surface area contributed by atoms with Crippen LogP contribution in [0.15, 0.2) is 0 Å². The van der Waals surface area contributed by atoms with Crippen LogP contribution in [0.5, 0.6) is 0 Å². The second-order valence-electron chi connectivity index (χ2n) is 6.38. The standard InChI is InChI=1S/C14H24N2O/c1-9(15)13-4-2-3-5-16(13)14(17)12-7-10-6-11(10)8-12/h9-13H,2-8,15H2,1H3. The van der Waals surface area contributed by atoms with Crippen LogP contribution in [0.1, 0.15) is 45.4 Å². The molecule has 1 amide bonds. The van der Waals surface area contributed by atoms with Gasteiger partial charge in [0.2, 0.25) is 5.91 Å². The Balaban J connectivity index is 1.66. The van der Waals surface area contributed by atoms with E-state index in [1.54, 1.807) is 0 Å². The number of amides is 1. The molecule has 4 unspecified atom stereocenters. The smallest absolute Gasteiger partial charge is 0.226 e. The monoisotopic (exact) mass is 236 g/mol. The predicted molar refractivity (Wildman–Crippen MR) is 67.3 cm³/mol. The van der Waals surface area contributed by atoms with Crippen molar-refractivity contribution in [3.63, 3.8) is 0 Å². The minimum Gasteiger partial charge on any atom is -0.338 e. The van der Waals surface area contributed by atoms with Gasteiger partial charge >= 0.3 is 0 Å². The highest BCUT2D eigenvalue weighted by molar-refractivity contribution is 5.80. The van der Waals surface area contributed by atoms with Gasteiger partial charge in [-0.15, -0.1) is 0 Å². The molecule has 2 N–H and O–H groups in total. The second-order valence-corrected chi connectivity index (χ2v) is 6.38. The van der Waals surface area contributed by atoms with Crippen LogP contribution in [-0.2, 0) is 4.79 Å². The summed E-state index contributed by atoms with van der Waals surface area (Å²) in [6.07, 6.45) is 7.20. The lowest BCUT2D eigenvalue weighted by atomic mass is 9.93. The number of carbonyl (C=O) groups is 1. The number of hydrogen-bond donors (Lipinski definition) is 1. The zero-order chi connectivity index (χ0) is 12.0. The Morgan fingerprint density at radius 3 is 2.59 bits per heavy atom. The van der Waals surface area contributed by atoms with Crippen LogP contribution in [0.3, 0.4) is 0 Å². The molecule has 3 heteroatoms. The Bertz CT molecular complexity index is 305. The van der Waals surface area contributed by atoms with Crippen molar-refractivity contribution in [2.24, 2.45) is 23.5 Å². The Labute approximate surface area is 104 Å². The van der Waals surface area contributed by atoms with Gasteiger partial charge in [0.15, 0.2) is 0 Å². The van der Waals surface area contributed by atoms with Gasteiger partial charge in [0.1, 0.15) is 0 Å². The van der Waals surface area contributed by atoms with E-state index in [0.717, 1.165) is 44.1 Å². The lowest BCUT2D eigenvalue weighted by molar-refractivity contribution is -0.139. The highest BCUT2D eigenvalue weighted by atomic mass is 16.2. The first kappa shape index (κ1) is 11.5. The quantitative estimate of drug-likeness (QED) is 0.794. The topological polar surface area (TPSA) is 46.3 Å². The van der Waals surface area contributed by atoms with Gasteiger partial charge in [-0.3, -0.25) is 4.79 Å². The molecule has 0 spiro atoms. The van der Waals surface area contributed by atoms with Gasteiger partial charge in [-0.2, -0.15) is 0 Å². The zero-order valence-electron chi connectivity index (χ0n) is 10.8. The molecule has 3 rings (SSSR count). The molecule has 96 valence electrons. The van der Waals surface area contributed by atoms with Crippen molar-refractivity contribution in [3.05, 3.63) is 0 Å². The Hall–Kier alpha value is -0.570. The summed E-state index contributed by atoms with van der Waals surface area (Å²) < 4.78 is 0. The normalized spacial score (nSPS) is 42.1. The number of fused-ring (bicyclic) bond motifs is 1. The number of piperidine rings is 1. The number of likely N-dealkylation sites (tertiary alicyclic amines) is 1. The van der Waals surface area contributed by atoms with Crippen LogP contribution < -0.4 is 5.73 Å². The van der Waals surface area contributed by atoms with Gasteiger partial charge in [0.05, 0.1) is 0 Å². The Kier molecular flexibility index (Phi) is 2.89. The van der Waals surface area contributed by atoms with Crippen molar-refractivity contribution in [1.29, 1.82) is 0 Å². The first-order valence-corrected chi connectivity index (χ1v) is 7.23.